The van der Waals surface area contributed by atoms with Crippen LogP contribution in [0, 0.1) is 0 Å². The predicted molar refractivity (Wildman–Crippen MR) is 76.4 cm³/mol. The van der Waals surface area contributed by atoms with Crippen molar-refractivity contribution in [1.29, 1.82) is 0 Å². The molecular formula is C14H11Cl2NO3. The summed E-state index contributed by atoms with van der Waals surface area (Å²) >= 11 is 11.8. The van der Waals surface area contributed by atoms with Crippen molar-refractivity contribution >= 4 is 29.2 Å². The first-order chi connectivity index (χ1) is 9.60. The third kappa shape index (κ3) is 3.62. The van der Waals surface area contributed by atoms with Crippen molar-refractivity contribution < 1.29 is 14.3 Å². The number of hydrogen-bond donors (Lipinski definition) is 0. The van der Waals surface area contributed by atoms with E-state index in [0.29, 0.717) is 27.1 Å². The smallest absolute Gasteiger partial charge is 0.337 e. The monoisotopic (exact) mass is 311 g/mol. The van der Waals surface area contributed by atoms with Gasteiger partial charge in [0.15, 0.2) is 0 Å². The average Bonchev–Trinajstić information content (AvgIpc) is 2.47. The summed E-state index contributed by atoms with van der Waals surface area (Å²) in [4.78, 5) is 15.4. The third-order valence-corrected chi connectivity index (χ3v) is 3.15. The maximum Gasteiger partial charge on any atom is 0.337 e. The van der Waals surface area contributed by atoms with Gasteiger partial charge in [-0.15, -0.1) is 0 Å². The Morgan fingerprint density at radius 2 is 2.05 bits per heavy atom. The number of carbonyl (C=O) groups excluding carboxylic acids is 1. The number of benzene rings is 1. The van der Waals surface area contributed by atoms with Gasteiger partial charge in [-0.1, -0.05) is 23.2 Å². The third-order valence-electron chi connectivity index (χ3n) is 2.56. The van der Waals surface area contributed by atoms with Crippen molar-refractivity contribution in [3.05, 3.63) is 57.8 Å². The van der Waals surface area contributed by atoms with Crippen LogP contribution >= 0.6 is 23.2 Å². The Balaban J connectivity index is 2.12. The van der Waals surface area contributed by atoms with Crippen LogP contribution in [0.4, 0.5) is 0 Å². The Kier molecular flexibility index (Phi) is 4.82. The number of pyridine rings is 1. The lowest BCUT2D eigenvalue weighted by atomic mass is 10.1. The minimum absolute atomic E-state index is 0.215. The molecule has 2 aromatic rings. The lowest BCUT2D eigenvalue weighted by molar-refractivity contribution is 0.0600. The Labute approximate surface area is 126 Å². The second-order valence-electron chi connectivity index (χ2n) is 3.90. The molecule has 0 atom stereocenters. The largest absolute Gasteiger partial charge is 0.487 e. The SMILES string of the molecule is COC(=O)c1ccc(Cl)c(COc2ccc(Cl)nc2)c1. The zero-order chi connectivity index (χ0) is 14.5. The highest BCUT2D eigenvalue weighted by atomic mass is 35.5. The van der Waals surface area contributed by atoms with Crippen LogP contribution in [0.15, 0.2) is 36.5 Å². The molecule has 0 N–H and O–H groups in total. The number of esters is 1. The number of aromatic nitrogens is 1. The summed E-state index contributed by atoms with van der Waals surface area (Å²) in [5, 5.41) is 0.905. The molecule has 0 spiro atoms. The van der Waals surface area contributed by atoms with Crippen molar-refractivity contribution in [1.82, 2.24) is 4.98 Å². The van der Waals surface area contributed by atoms with Gasteiger partial charge in [-0.25, -0.2) is 9.78 Å². The lowest BCUT2D eigenvalue weighted by Gasteiger charge is -2.09. The Morgan fingerprint density at radius 1 is 1.25 bits per heavy atom. The fourth-order valence-corrected chi connectivity index (χ4v) is 1.82. The number of halogens is 2. The molecule has 0 amide bonds. The second-order valence-corrected chi connectivity index (χ2v) is 4.70. The van der Waals surface area contributed by atoms with Crippen LogP contribution < -0.4 is 4.74 Å². The highest BCUT2D eigenvalue weighted by Crippen LogP contribution is 2.21. The van der Waals surface area contributed by atoms with Gasteiger partial charge in [0.05, 0.1) is 18.9 Å². The van der Waals surface area contributed by atoms with E-state index in [1.165, 1.54) is 13.3 Å². The molecule has 4 nitrogen and oxygen atoms in total. The van der Waals surface area contributed by atoms with Gasteiger partial charge in [-0.05, 0) is 30.3 Å². The maximum absolute atomic E-state index is 11.5. The first-order valence-corrected chi connectivity index (χ1v) is 6.47. The summed E-state index contributed by atoms with van der Waals surface area (Å²) in [5.41, 5.74) is 1.11. The van der Waals surface area contributed by atoms with Crippen LogP contribution in [0.25, 0.3) is 0 Å². The van der Waals surface area contributed by atoms with Crippen LogP contribution in [0.3, 0.4) is 0 Å². The Bertz CT molecular complexity index is 614. The number of nitrogens with zero attached hydrogens (tertiary/aromatic N) is 1. The predicted octanol–water partition coefficient (Wildman–Crippen LogP) is 3.75. The number of rotatable bonds is 4. The molecule has 0 unspecified atom stereocenters. The van der Waals surface area contributed by atoms with E-state index in [2.05, 4.69) is 9.72 Å². The van der Waals surface area contributed by atoms with Crippen molar-refractivity contribution in [2.45, 2.75) is 6.61 Å². The van der Waals surface area contributed by atoms with Crippen molar-refractivity contribution in [2.75, 3.05) is 7.11 Å². The maximum atomic E-state index is 11.5. The highest BCUT2D eigenvalue weighted by molar-refractivity contribution is 6.31. The summed E-state index contributed by atoms with van der Waals surface area (Å²) in [6.07, 6.45) is 1.51. The van der Waals surface area contributed by atoms with Gasteiger partial charge in [0.1, 0.15) is 17.5 Å². The van der Waals surface area contributed by atoms with Crippen molar-refractivity contribution in [3.8, 4) is 5.75 Å². The second kappa shape index (κ2) is 6.59. The summed E-state index contributed by atoms with van der Waals surface area (Å²) in [7, 11) is 1.33. The van der Waals surface area contributed by atoms with Crippen molar-refractivity contribution in [2.24, 2.45) is 0 Å². The molecule has 1 heterocycles. The fraction of sp³-hybridized carbons (Fsp3) is 0.143. The summed E-state index contributed by atoms with van der Waals surface area (Å²) < 4.78 is 10.2. The first-order valence-electron chi connectivity index (χ1n) is 5.71. The van der Waals surface area contributed by atoms with E-state index in [4.69, 9.17) is 27.9 Å². The van der Waals surface area contributed by atoms with Gasteiger partial charge >= 0.3 is 5.97 Å². The van der Waals surface area contributed by atoms with Gasteiger partial charge in [0.2, 0.25) is 0 Å². The molecule has 0 aliphatic heterocycles. The van der Waals surface area contributed by atoms with Gasteiger partial charge in [0.25, 0.3) is 0 Å². The zero-order valence-electron chi connectivity index (χ0n) is 10.6. The number of carbonyl (C=O) groups is 1. The van der Waals surface area contributed by atoms with Crippen LogP contribution in [-0.2, 0) is 11.3 Å². The molecule has 1 aromatic heterocycles. The number of ether oxygens (including phenoxy) is 2. The van der Waals surface area contributed by atoms with Gasteiger partial charge in [-0.2, -0.15) is 0 Å². The normalized spacial score (nSPS) is 10.2. The molecule has 0 aliphatic rings. The fourth-order valence-electron chi connectivity index (χ4n) is 1.54. The van der Waals surface area contributed by atoms with Crippen LogP contribution in [0.5, 0.6) is 5.75 Å². The molecule has 2 rings (SSSR count). The summed E-state index contributed by atoms with van der Waals surface area (Å²) in [5.74, 6) is 0.144. The molecule has 1 aromatic carbocycles. The zero-order valence-corrected chi connectivity index (χ0v) is 12.1. The topological polar surface area (TPSA) is 48.4 Å². The number of hydrogen-bond acceptors (Lipinski definition) is 4. The van der Waals surface area contributed by atoms with Gasteiger partial charge in [0, 0.05) is 10.6 Å². The van der Waals surface area contributed by atoms with Crippen LogP contribution in [0.2, 0.25) is 10.2 Å². The molecule has 0 fully saturated rings. The molecule has 0 saturated heterocycles. The van der Waals surface area contributed by atoms with E-state index in [9.17, 15) is 4.79 Å². The van der Waals surface area contributed by atoms with Crippen LogP contribution in [0.1, 0.15) is 15.9 Å². The molecule has 0 aliphatic carbocycles. The van der Waals surface area contributed by atoms with E-state index in [1.807, 2.05) is 0 Å². The average molecular weight is 312 g/mol. The molecule has 20 heavy (non-hydrogen) atoms. The van der Waals surface area contributed by atoms with E-state index >= 15 is 0 Å². The van der Waals surface area contributed by atoms with E-state index in [-0.39, 0.29) is 6.61 Å². The summed E-state index contributed by atoms with van der Waals surface area (Å²) in [6, 6.07) is 8.20. The quantitative estimate of drug-likeness (QED) is 0.637. The molecule has 0 radical (unpaired) electrons. The van der Waals surface area contributed by atoms with Gasteiger partial charge < -0.3 is 9.47 Å². The molecule has 6 heteroatoms. The first kappa shape index (κ1) is 14.6. The van der Waals surface area contributed by atoms with Crippen LogP contribution in [-0.4, -0.2) is 18.1 Å². The minimum Gasteiger partial charge on any atom is -0.487 e. The molecule has 104 valence electrons. The molecule has 0 saturated carbocycles. The lowest BCUT2D eigenvalue weighted by Crippen LogP contribution is -2.04. The van der Waals surface area contributed by atoms with E-state index < -0.39 is 5.97 Å². The van der Waals surface area contributed by atoms with Gasteiger partial charge in [-0.3, -0.25) is 0 Å². The summed E-state index contributed by atoms with van der Waals surface area (Å²) in [6.45, 7) is 0.215. The molecular weight excluding hydrogens is 301 g/mol. The molecule has 0 bridgehead atoms. The Morgan fingerprint density at radius 3 is 2.70 bits per heavy atom. The minimum atomic E-state index is -0.420. The number of methoxy groups -OCH3 is 1. The van der Waals surface area contributed by atoms with E-state index in [0.717, 1.165) is 0 Å². The standard InChI is InChI=1S/C14H11Cl2NO3/c1-19-14(18)9-2-4-12(15)10(6-9)8-20-11-3-5-13(16)17-7-11/h2-7H,8H2,1H3. The van der Waals surface area contributed by atoms with Crippen molar-refractivity contribution in [3.63, 3.8) is 0 Å². The highest BCUT2D eigenvalue weighted by Gasteiger charge is 2.09. The Hall–Kier alpha value is -1.78. The van der Waals surface area contributed by atoms with E-state index in [1.54, 1.807) is 30.3 Å².